The summed E-state index contributed by atoms with van der Waals surface area (Å²) in [6, 6.07) is 0. The molecule has 0 aromatic carbocycles. The highest BCUT2D eigenvalue weighted by Gasteiger charge is 2.15. The molecule has 3 nitrogen and oxygen atoms in total. The van der Waals surface area contributed by atoms with E-state index in [-0.39, 0.29) is 6.10 Å². The topological polar surface area (TPSA) is 38.1 Å². The van der Waals surface area contributed by atoms with E-state index < -0.39 is 0 Å². The van der Waals surface area contributed by atoms with Gasteiger partial charge in [0.1, 0.15) is 0 Å². The van der Waals surface area contributed by atoms with Crippen LogP contribution in [0.25, 0.3) is 0 Å². The second kappa shape index (κ2) is 7.02. The molecule has 1 aromatic heterocycles. The molecule has 0 fully saturated rings. The summed E-state index contributed by atoms with van der Waals surface area (Å²) in [5.74, 6) is 0. The Kier molecular flexibility index (Phi) is 6.00. The van der Waals surface area contributed by atoms with Gasteiger partial charge in [-0.15, -0.1) is 0 Å². The summed E-state index contributed by atoms with van der Waals surface area (Å²) in [7, 11) is 0. The number of hydrogen-bond donors (Lipinski definition) is 1. The summed E-state index contributed by atoms with van der Waals surface area (Å²) in [6.45, 7) is 7.04. The normalized spacial score (nSPS) is 13.0. The van der Waals surface area contributed by atoms with Gasteiger partial charge in [-0.2, -0.15) is 5.10 Å². The zero-order valence-electron chi connectivity index (χ0n) is 11.0. The van der Waals surface area contributed by atoms with Gasteiger partial charge in [-0.25, -0.2) is 0 Å². The summed E-state index contributed by atoms with van der Waals surface area (Å²) < 4.78 is 1.96. The molecule has 1 rings (SSSR count). The maximum absolute atomic E-state index is 9.76. The minimum Gasteiger partial charge on any atom is -0.393 e. The molecule has 1 aromatic rings. The third-order valence-corrected chi connectivity index (χ3v) is 3.47. The van der Waals surface area contributed by atoms with Crippen LogP contribution in [-0.4, -0.2) is 21.0 Å². The fourth-order valence-corrected chi connectivity index (χ4v) is 2.40. The quantitative estimate of drug-likeness (QED) is 0.816. The van der Waals surface area contributed by atoms with Gasteiger partial charge in [-0.3, -0.25) is 4.68 Å². The number of aromatic nitrogens is 2. The van der Waals surface area contributed by atoms with Gasteiger partial charge in [-0.05, 0) is 32.6 Å². The Balaban J connectivity index is 2.72. The van der Waals surface area contributed by atoms with Crippen molar-refractivity contribution in [1.82, 2.24) is 9.78 Å². The van der Waals surface area contributed by atoms with E-state index in [4.69, 9.17) is 11.6 Å². The highest BCUT2D eigenvalue weighted by Crippen LogP contribution is 2.23. The number of nitrogens with zero attached hydrogens (tertiary/aromatic N) is 2. The molecule has 0 aliphatic rings. The van der Waals surface area contributed by atoms with Crippen molar-refractivity contribution in [2.75, 3.05) is 0 Å². The maximum Gasteiger partial charge on any atom is 0.0849 e. The van der Waals surface area contributed by atoms with Crippen LogP contribution < -0.4 is 0 Å². The van der Waals surface area contributed by atoms with Crippen molar-refractivity contribution < 1.29 is 5.11 Å². The summed E-state index contributed by atoms with van der Waals surface area (Å²) in [4.78, 5) is 0. The van der Waals surface area contributed by atoms with Crippen LogP contribution in [0.15, 0.2) is 0 Å². The molecule has 1 unspecified atom stereocenters. The van der Waals surface area contributed by atoms with E-state index in [1.807, 2.05) is 4.68 Å². The van der Waals surface area contributed by atoms with Crippen molar-refractivity contribution in [2.45, 2.75) is 65.5 Å². The van der Waals surface area contributed by atoms with Crippen LogP contribution in [-0.2, 0) is 19.4 Å². The van der Waals surface area contributed by atoms with Crippen LogP contribution in [0.3, 0.4) is 0 Å². The Morgan fingerprint density at radius 3 is 2.53 bits per heavy atom. The Hall–Kier alpha value is -0.540. The van der Waals surface area contributed by atoms with Crippen molar-refractivity contribution in [1.29, 1.82) is 0 Å². The molecule has 0 aliphatic heterocycles. The molecule has 0 radical (unpaired) electrons. The fraction of sp³-hybridized carbons (Fsp3) is 0.769. The van der Waals surface area contributed by atoms with E-state index in [9.17, 15) is 5.11 Å². The van der Waals surface area contributed by atoms with E-state index in [0.29, 0.717) is 0 Å². The van der Waals surface area contributed by atoms with Crippen LogP contribution >= 0.6 is 11.6 Å². The Bertz CT molecular complexity index is 349. The average Bonchev–Trinajstić information content (AvgIpc) is 2.63. The number of aliphatic hydroxyl groups excluding tert-OH is 1. The second-order valence-electron chi connectivity index (χ2n) is 4.36. The van der Waals surface area contributed by atoms with Gasteiger partial charge >= 0.3 is 0 Å². The maximum atomic E-state index is 9.76. The molecule has 1 heterocycles. The zero-order chi connectivity index (χ0) is 12.8. The first-order valence-electron chi connectivity index (χ1n) is 6.56. The van der Waals surface area contributed by atoms with E-state index >= 15 is 0 Å². The first-order chi connectivity index (χ1) is 8.13. The lowest BCUT2D eigenvalue weighted by Gasteiger charge is -2.10. The highest BCUT2D eigenvalue weighted by atomic mass is 35.5. The molecular formula is C13H23ClN2O. The molecule has 0 aliphatic carbocycles. The summed E-state index contributed by atoms with van der Waals surface area (Å²) >= 11 is 6.30. The van der Waals surface area contributed by atoms with Crippen LogP contribution in [0, 0.1) is 0 Å². The minimum absolute atomic E-state index is 0.221. The smallest absolute Gasteiger partial charge is 0.0849 e. The SMILES string of the molecule is CCCC(O)CCc1c(Cl)c(CC)nn1CC. The van der Waals surface area contributed by atoms with Crippen LogP contribution in [0.5, 0.6) is 0 Å². The lowest BCUT2D eigenvalue weighted by molar-refractivity contribution is 0.153. The predicted octanol–water partition coefficient (Wildman–Crippen LogP) is 3.21. The summed E-state index contributed by atoms with van der Waals surface area (Å²) in [6.07, 6.45) is 4.08. The van der Waals surface area contributed by atoms with Crippen LogP contribution in [0.2, 0.25) is 5.02 Å². The van der Waals surface area contributed by atoms with E-state index in [0.717, 1.165) is 55.1 Å². The average molecular weight is 259 g/mol. The molecule has 1 atom stereocenters. The van der Waals surface area contributed by atoms with Crippen molar-refractivity contribution in [2.24, 2.45) is 0 Å². The van der Waals surface area contributed by atoms with Crippen molar-refractivity contribution in [3.63, 3.8) is 0 Å². The Morgan fingerprint density at radius 2 is 2.00 bits per heavy atom. The molecule has 4 heteroatoms. The van der Waals surface area contributed by atoms with Gasteiger partial charge in [0.2, 0.25) is 0 Å². The number of hydrogen-bond acceptors (Lipinski definition) is 2. The molecular weight excluding hydrogens is 236 g/mol. The predicted molar refractivity (Wildman–Crippen MR) is 71.5 cm³/mol. The molecule has 1 N–H and O–H groups in total. The molecule has 0 saturated heterocycles. The Labute approximate surface area is 109 Å². The van der Waals surface area contributed by atoms with E-state index in [2.05, 4.69) is 25.9 Å². The standard InChI is InChI=1S/C13H23ClN2O/c1-4-7-10(17)8-9-12-13(14)11(5-2)15-16(12)6-3/h10,17H,4-9H2,1-3H3. The first-order valence-corrected chi connectivity index (χ1v) is 6.93. The van der Waals surface area contributed by atoms with Crippen LogP contribution in [0.1, 0.15) is 51.4 Å². The van der Waals surface area contributed by atoms with Crippen molar-refractivity contribution >= 4 is 11.6 Å². The van der Waals surface area contributed by atoms with Gasteiger partial charge in [0.25, 0.3) is 0 Å². The zero-order valence-corrected chi connectivity index (χ0v) is 11.8. The Morgan fingerprint density at radius 1 is 1.29 bits per heavy atom. The highest BCUT2D eigenvalue weighted by molar-refractivity contribution is 6.31. The minimum atomic E-state index is -0.221. The molecule has 0 saturated carbocycles. The number of halogens is 1. The monoisotopic (exact) mass is 258 g/mol. The molecule has 0 amide bonds. The number of aryl methyl sites for hydroxylation is 2. The van der Waals surface area contributed by atoms with Crippen molar-refractivity contribution in [3.05, 3.63) is 16.4 Å². The van der Waals surface area contributed by atoms with Crippen molar-refractivity contribution in [3.8, 4) is 0 Å². The van der Waals surface area contributed by atoms with Gasteiger partial charge < -0.3 is 5.11 Å². The van der Waals surface area contributed by atoms with Gasteiger partial charge in [0.05, 0.1) is 22.5 Å². The molecule has 17 heavy (non-hydrogen) atoms. The van der Waals surface area contributed by atoms with E-state index in [1.165, 1.54) is 0 Å². The van der Waals surface area contributed by atoms with Gasteiger partial charge in [-0.1, -0.05) is 31.9 Å². The second-order valence-corrected chi connectivity index (χ2v) is 4.74. The molecule has 0 spiro atoms. The van der Waals surface area contributed by atoms with Crippen LogP contribution in [0.4, 0.5) is 0 Å². The summed E-state index contributed by atoms with van der Waals surface area (Å²) in [5, 5.41) is 15.0. The van der Waals surface area contributed by atoms with Gasteiger partial charge in [0, 0.05) is 6.54 Å². The third kappa shape index (κ3) is 3.71. The lowest BCUT2D eigenvalue weighted by atomic mass is 10.1. The fourth-order valence-electron chi connectivity index (χ4n) is 2.04. The number of rotatable bonds is 7. The molecule has 0 bridgehead atoms. The largest absolute Gasteiger partial charge is 0.393 e. The number of aliphatic hydroxyl groups is 1. The molecule has 98 valence electrons. The third-order valence-electron chi connectivity index (χ3n) is 3.03. The van der Waals surface area contributed by atoms with Gasteiger partial charge in [0.15, 0.2) is 0 Å². The van der Waals surface area contributed by atoms with E-state index in [1.54, 1.807) is 0 Å². The summed E-state index contributed by atoms with van der Waals surface area (Å²) in [5.41, 5.74) is 2.04. The first kappa shape index (κ1) is 14.5. The lowest BCUT2D eigenvalue weighted by Crippen LogP contribution is -2.10.